The molecule has 8 nitrogen and oxygen atoms in total. The van der Waals surface area contributed by atoms with Gasteiger partial charge < -0.3 is 28.8 Å². The molecule has 3 aromatic rings. The van der Waals surface area contributed by atoms with Crippen LogP contribution in [0.5, 0.6) is 23.0 Å². The van der Waals surface area contributed by atoms with Crippen molar-refractivity contribution in [1.82, 2.24) is 9.88 Å². The van der Waals surface area contributed by atoms with E-state index < -0.39 is 0 Å². The molecule has 0 amide bonds. The van der Waals surface area contributed by atoms with Crippen molar-refractivity contribution in [2.45, 2.75) is 32.9 Å². The molecule has 2 heterocycles. The van der Waals surface area contributed by atoms with Gasteiger partial charge in [0.1, 0.15) is 0 Å². The van der Waals surface area contributed by atoms with Crippen LogP contribution < -0.4 is 29.8 Å². The lowest BCUT2D eigenvalue weighted by Crippen LogP contribution is -2.28. The summed E-state index contributed by atoms with van der Waals surface area (Å²) in [5.74, 6) is 1.86. The van der Waals surface area contributed by atoms with Gasteiger partial charge in [0.2, 0.25) is 6.79 Å². The third kappa shape index (κ3) is 3.33. The maximum atomic E-state index is 13.7. The molecule has 172 valence electrons. The minimum Gasteiger partial charge on any atom is -0.493 e. The highest BCUT2D eigenvalue weighted by Crippen LogP contribution is 2.46. The Bertz CT molecular complexity index is 1340. The van der Waals surface area contributed by atoms with Crippen LogP contribution in [-0.4, -0.2) is 43.9 Å². The Balaban J connectivity index is 1.76. The van der Waals surface area contributed by atoms with Crippen molar-refractivity contribution < 1.29 is 23.7 Å². The predicted molar refractivity (Wildman–Crippen MR) is 124 cm³/mol. The van der Waals surface area contributed by atoms with E-state index in [0.717, 1.165) is 13.0 Å². The largest absolute Gasteiger partial charge is 0.493 e. The van der Waals surface area contributed by atoms with Crippen LogP contribution in [0.15, 0.2) is 29.1 Å². The van der Waals surface area contributed by atoms with Gasteiger partial charge in [-0.3, -0.25) is 9.59 Å². The van der Waals surface area contributed by atoms with E-state index in [0.29, 0.717) is 68.7 Å². The molecule has 1 aliphatic carbocycles. The number of ketones is 1. The molecule has 2 aliphatic rings. The number of benzene rings is 2. The maximum absolute atomic E-state index is 13.7. The number of carbonyl (C=O) groups excluding carboxylic acids is 1. The first-order valence-corrected chi connectivity index (χ1v) is 11.0. The van der Waals surface area contributed by atoms with Gasteiger partial charge in [0.15, 0.2) is 28.8 Å². The van der Waals surface area contributed by atoms with E-state index in [4.69, 9.17) is 18.9 Å². The van der Waals surface area contributed by atoms with Gasteiger partial charge in [-0.2, -0.15) is 0 Å². The number of ether oxygens (including phenoxy) is 4. The zero-order valence-corrected chi connectivity index (χ0v) is 19.1. The number of methoxy groups -OCH3 is 2. The summed E-state index contributed by atoms with van der Waals surface area (Å²) in [6, 6.07) is 7.23. The SMILES string of the molecule is COc1cc2c3c(n(CCCNC(C)C)c(=O)c2cc1OC)-c1cc2c(cc1C3=O)OCO2. The van der Waals surface area contributed by atoms with Crippen molar-refractivity contribution in [2.24, 2.45) is 0 Å². The molecule has 8 heteroatoms. The standard InChI is InChI=1S/C25H26N2O6/c1-13(2)26-6-5-7-27-23-15-9-20-21(33-12-32-20)10-16(15)24(28)22(23)14-8-18(30-3)19(31-4)11-17(14)25(27)29/h8-11,13,26H,5-7,12H2,1-4H3. The van der Waals surface area contributed by atoms with Crippen LogP contribution in [0.2, 0.25) is 0 Å². The van der Waals surface area contributed by atoms with Gasteiger partial charge in [0.05, 0.1) is 30.9 Å². The molecule has 33 heavy (non-hydrogen) atoms. The molecule has 1 aromatic heterocycles. The summed E-state index contributed by atoms with van der Waals surface area (Å²) in [5, 5.41) is 4.35. The number of carbonyl (C=O) groups is 1. The van der Waals surface area contributed by atoms with Gasteiger partial charge in [-0.15, -0.1) is 0 Å². The first-order valence-electron chi connectivity index (χ1n) is 11.0. The Hall–Kier alpha value is -3.52. The van der Waals surface area contributed by atoms with Crippen molar-refractivity contribution in [1.29, 1.82) is 0 Å². The summed E-state index contributed by atoms with van der Waals surface area (Å²) in [6.45, 7) is 5.49. The van der Waals surface area contributed by atoms with Crippen LogP contribution in [0.1, 0.15) is 36.2 Å². The number of nitrogens with zero attached hydrogens (tertiary/aromatic N) is 1. The number of fused-ring (bicyclic) bond motifs is 6. The van der Waals surface area contributed by atoms with Crippen LogP contribution >= 0.6 is 0 Å². The quantitative estimate of drug-likeness (QED) is 0.432. The zero-order chi connectivity index (χ0) is 23.3. The predicted octanol–water partition coefficient (Wildman–Crippen LogP) is 3.35. The Morgan fingerprint density at radius 1 is 0.970 bits per heavy atom. The molecule has 1 N–H and O–H groups in total. The van der Waals surface area contributed by atoms with Crippen molar-refractivity contribution in [3.05, 3.63) is 45.7 Å². The Labute approximate surface area is 191 Å². The number of rotatable bonds is 7. The van der Waals surface area contributed by atoms with E-state index in [1.807, 2.05) is 0 Å². The van der Waals surface area contributed by atoms with Crippen molar-refractivity contribution in [2.75, 3.05) is 27.6 Å². The van der Waals surface area contributed by atoms with Crippen LogP contribution in [0, 0.1) is 0 Å². The van der Waals surface area contributed by atoms with E-state index >= 15 is 0 Å². The monoisotopic (exact) mass is 450 g/mol. The summed E-state index contributed by atoms with van der Waals surface area (Å²) in [4.78, 5) is 27.4. The van der Waals surface area contributed by atoms with Gasteiger partial charge in [-0.25, -0.2) is 0 Å². The van der Waals surface area contributed by atoms with Gasteiger partial charge >= 0.3 is 0 Å². The summed E-state index contributed by atoms with van der Waals surface area (Å²) >= 11 is 0. The maximum Gasteiger partial charge on any atom is 0.259 e. The topological polar surface area (TPSA) is 88.0 Å². The van der Waals surface area contributed by atoms with Gasteiger partial charge in [0, 0.05) is 29.1 Å². The average Bonchev–Trinajstić information content (AvgIpc) is 3.38. The second-order valence-corrected chi connectivity index (χ2v) is 8.48. The summed E-state index contributed by atoms with van der Waals surface area (Å²) in [6.07, 6.45) is 0.734. The minimum absolute atomic E-state index is 0.113. The highest BCUT2D eigenvalue weighted by molar-refractivity contribution is 6.27. The van der Waals surface area contributed by atoms with Gasteiger partial charge in [-0.1, -0.05) is 13.8 Å². The van der Waals surface area contributed by atoms with Crippen LogP contribution in [0.25, 0.3) is 22.0 Å². The van der Waals surface area contributed by atoms with E-state index in [2.05, 4.69) is 19.2 Å². The van der Waals surface area contributed by atoms with Gasteiger partial charge in [0.25, 0.3) is 5.56 Å². The molecule has 0 atom stereocenters. The fourth-order valence-corrected chi connectivity index (χ4v) is 4.58. The Kier molecular flexibility index (Phi) is 5.25. The molecular formula is C25H26N2O6. The fourth-order valence-electron chi connectivity index (χ4n) is 4.58. The number of pyridine rings is 1. The molecule has 0 bridgehead atoms. The molecule has 0 radical (unpaired) electrons. The van der Waals surface area contributed by atoms with Gasteiger partial charge in [-0.05, 0) is 37.2 Å². The van der Waals surface area contributed by atoms with E-state index in [1.165, 1.54) is 14.2 Å². The molecule has 0 saturated heterocycles. The van der Waals surface area contributed by atoms with Crippen LogP contribution in [0.3, 0.4) is 0 Å². The lowest BCUT2D eigenvalue weighted by Gasteiger charge is -2.17. The molecule has 0 saturated carbocycles. The fraction of sp³-hybridized carbons (Fsp3) is 0.360. The highest BCUT2D eigenvalue weighted by atomic mass is 16.7. The van der Waals surface area contributed by atoms with Crippen LogP contribution in [0.4, 0.5) is 0 Å². The van der Waals surface area contributed by atoms with Crippen molar-refractivity contribution >= 4 is 16.6 Å². The Morgan fingerprint density at radius 2 is 1.61 bits per heavy atom. The second-order valence-electron chi connectivity index (χ2n) is 8.48. The number of hydrogen-bond acceptors (Lipinski definition) is 7. The summed E-state index contributed by atoms with van der Waals surface area (Å²) in [5.41, 5.74) is 2.12. The number of nitrogens with one attached hydrogen (secondary N) is 1. The third-order valence-corrected chi connectivity index (χ3v) is 6.13. The van der Waals surface area contributed by atoms with Crippen LogP contribution in [-0.2, 0) is 6.54 Å². The molecular weight excluding hydrogens is 424 g/mol. The molecule has 2 aromatic carbocycles. The molecule has 1 aliphatic heterocycles. The van der Waals surface area contributed by atoms with Crippen molar-refractivity contribution in [3.63, 3.8) is 0 Å². The lowest BCUT2D eigenvalue weighted by atomic mass is 10.0. The third-order valence-electron chi connectivity index (χ3n) is 6.13. The Morgan fingerprint density at radius 3 is 2.24 bits per heavy atom. The molecule has 5 rings (SSSR count). The second kappa shape index (κ2) is 8.12. The average molecular weight is 450 g/mol. The number of aromatic nitrogens is 1. The first kappa shape index (κ1) is 21.3. The molecule has 0 fully saturated rings. The molecule has 0 spiro atoms. The zero-order valence-electron chi connectivity index (χ0n) is 19.1. The minimum atomic E-state index is -0.174. The number of hydrogen-bond donors (Lipinski definition) is 1. The van der Waals surface area contributed by atoms with E-state index in [-0.39, 0.29) is 18.1 Å². The molecule has 0 unspecified atom stereocenters. The normalized spacial score (nSPS) is 13.5. The van der Waals surface area contributed by atoms with Crippen molar-refractivity contribution in [3.8, 4) is 34.3 Å². The first-order chi connectivity index (χ1) is 15.9. The van der Waals surface area contributed by atoms with E-state index in [1.54, 1.807) is 28.8 Å². The summed E-state index contributed by atoms with van der Waals surface area (Å²) < 4.78 is 23.6. The lowest BCUT2D eigenvalue weighted by molar-refractivity contribution is 0.104. The van der Waals surface area contributed by atoms with E-state index in [9.17, 15) is 9.59 Å². The summed E-state index contributed by atoms with van der Waals surface area (Å²) in [7, 11) is 3.05. The smallest absolute Gasteiger partial charge is 0.259 e. The highest BCUT2D eigenvalue weighted by Gasteiger charge is 2.35.